The highest BCUT2D eigenvalue weighted by Crippen LogP contribution is 2.41. The Morgan fingerprint density at radius 1 is 0.481 bits per heavy atom. The van der Waals surface area contributed by atoms with Gasteiger partial charge >= 0.3 is 0 Å². The largest absolute Gasteiger partial charge is 0.368 e. The van der Waals surface area contributed by atoms with Crippen molar-refractivity contribution in [3.63, 3.8) is 0 Å². The lowest BCUT2D eigenvalue weighted by Gasteiger charge is -2.46. The van der Waals surface area contributed by atoms with E-state index in [0.717, 1.165) is 33.4 Å². The van der Waals surface area contributed by atoms with E-state index < -0.39 is 42.5 Å². The summed E-state index contributed by atoms with van der Waals surface area (Å²) >= 11 is 0. The molecule has 0 spiro atoms. The third-order valence-corrected chi connectivity index (χ3v) is 9.76. The Hall–Kier alpha value is -4.99. The Kier molecular flexibility index (Phi) is 12.7. The van der Waals surface area contributed by atoms with Crippen molar-refractivity contribution >= 4 is 0 Å². The van der Waals surface area contributed by atoms with Crippen LogP contribution in [0.3, 0.4) is 0 Å². The summed E-state index contributed by atoms with van der Waals surface area (Å²) in [7, 11) is 0. The summed E-state index contributed by atoms with van der Waals surface area (Å²) < 4.78 is 49.9. The quantitative estimate of drug-likeness (QED) is 0.101. The smallest absolute Gasteiger partial charge is 0.184 e. The summed E-state index contributed by atoms with van der Waals surface area (Å²) in [5, 5.41) is 11.6. The summed E-state index contributed by atoms with van der Waals surface area (Å²) in [4.78, 5) is 0. The monoisotopic (exact) mass is 724 g/mol. The minimum atomic E-state index is -1.76. The van der Waals surface area contributed by atoms with E-state index in [1.807, 2.05) is 182 Å². The first kappa shape index (κ1) is 37.3. The molecule has 6 aromatic rings. The molecule has 6 atom stereocenters. The number of ether oxygens (including phenoxy) is 5. The number of rotatable bonds is 16. The first-order valence-corrected chi connectivity index (χ1v) is 18.4. The summed E-state index contributed by atoms with van der Waals surface area (Å²) in [6.07, 6.45) is -7.44. The molecule has 1 saturated heterocycles. The van der Waals surface area contributed by atoms with Crippen molar-refractivity contribution in [3.8, 4) is 0 Å². The second-order valence-corrected chi connectivity index (χ2v) is 13.4. The van der Waals surface area contributed by atoms with Crippen LogP contribution in [0.15, 0.2) is 182 Å². The van der Waals surface area contributed by atoms with Gasteiger partial charge in [0.05, 0.1) is 26.4 Å². The Morgan fingerprint density at radius 2 is 0.815 bits per heavy atom. The van der Waals surface area contributed by atoms with Crippen molar-refractivity contribution in [2.24, 2.45) is 0 Å². The number of alkyl halides is 1. The van der Waals surface area contributed by atoms with Crippen LogP contribution in [-0.4, -0.2) is 48.6 Å². The van der Waals surface area contributed by atoms with E-state index in [0.29, 0.717) is 0 Å². The topological polar surface area (TPSA) is 66.4 Å². The van der Waals surface area contributed by atoms with Crippen LogP contribution in [0, 0.1) is 0 Å². The van der Waals surface area contributed by atoms with Crippen LogP contribution >= 0.6 is 0 Å². The SMILES string of the molecule is O[C@H]1O[C@H]([C@@H](F)COC(c2ccccc2)(c2ccccc2)c2ccccc2)[C@@H](OCc2ccccc2)[C@H](OCc2ccccc2)[C@@H]1OCc1ccccc1. The third kappa shape index (κ3) is 8.86. The Balaban J connectivity index is 1.23. The predicted molar refractivity (Wildman–Crippen MR) is 206 cm³/mol. The number of aliphatic hydroxyl groups is 1. The number of benzene rings is 6. The molecular weight excluding hydrogens is 680 g/mol. The van der Waals surface area contributed by atoms with Gasteiger partial charge in [-0.05, 0) is 33.4 Å². The standard InChI is InChI=1S/C47H45FO6/c48-41(34-53-47(38-25-13-4-14-26-38,39-27-15-5-16-28-39)40-29-17-6-18-30-40)42-43(50-31-35-19-7-1-8-20-35)44(51-32-36-21-9-2-10-22-36)45(46(49)54-42)52-33-37-23-11-3-12-24-37/h1-30,41-46,49H,31-34H2/t41-,42+,43+,44-,45-,46-/m0/s1. The van der Waals surface area contributed by atoms with Gasteiger partial charge < -0.3 is 28.8 Å². The van der Waals surface area contributed by atoms with E-state index in [2.05, 4.69) is 0 Å². The molecule has 1 fully saturated rings. The maximum atomic E-state index is 17.3. The lowest BCUT2D eigenvalue weighted by atomic mass is 9.80. The lowest BCUT2D eigenvalue weighted by Crippen LogP contribution is -2.63. The van der Waals surface area contributed by atoms with Gasteiger partial charge in [-0.25, -0.2) is 4.39 Å². The molecule has 0 amide bonds. The second kappa shape index (κ2) is 18.4. The highest BCUT2D eigenvalue weighted by molar-refractivity contribution is 5.47. The van der Waals surface area contributed by atoms with E-state index in [1.165, 1.54) is 0 Å². The van der Waals surface area contributed by atoms with E-state index in [1.54, 1.807) is 0 Å². The predicted octanol–water partition coefficient (Wildman–Crippen LogP) is 8.81. The highest BCUT2D eigenvalue weighted by atomic mass is 19.1. The van der Waals surface area contributed by atoms with Crippen molar-refractivity contribution in [2.75, 3.05) is 6.61 Å². The molecule has 6 nitrogen and oxygen atoms in total. The van der Waals surface area contributed by atoms with Crippen molar-refractivity contribution in [3.05, 3.63) is 215 Å². The van der Waals surface area contributed by atoms with Gasteiger partial charge in [-0.2, -0.15) is 0 Å². The van der Waals surface area contributed by atoms with Crippen LogP contribution in [0.5, 0.6) is 0 Å². The minimum absolute atomic E-state index is 0.160. The van der Waals surface area contributed by atoms with Crippen LogP contribution < -0.4 is 0 Å². The molecule has 276 valence electrons. The molecular formula is C47H45FO6. The Morgan fingerprint density at radius 3 is 1.20 bits per heavy atom. The minimum Gasteiger partial charge on any atom is -0.368 e. The molecule has 1 aliphatic heterocycles. The fourth-order valence-electron chi connectivity index (χ4n) is 7.07. The number of hydrogen-bond acceptors (Lipinski definition) is 6. The van der Waals surface area contributed by atoms with Crippen LogP contribution in [0.1, 0.15) is 33.4 Å². The zero-order valence-electron chi connectivity index (χ0n) is 30.0. The molecule has 1 aliphatic rings. The molecule has 0 aliphatic carbocycles. The summed E-state index contributed by atoms with van der Waals surface area (Å²) in [6.45, 7) is 0.146. The molecule has 0 aromatic heterocycles. The van der Waals surface area contributed by atoms with E-state index in [9.17, 15) is 5.11 Å². The molecule has 1 N–H and O–H groups in total. The third-order valence-electron chi connectivity index (χ3n) is 9.76. The fourth-order valence-corrected chi connectivity index (χ4v) is 7.07. The van der Waals surface area contributed by atoms with Gasteiger partial charge in [-0.15, -0.1) is 0 Å². The Labute approximate surface area is 316 Å². The number of hydrogen-bond donors (Lipinski definition) is 1. The maximum absolute atomic E-state index is 17.3. The van der Waals surface area contributed by atoms with Gasteiger partial charge in [-0.1, -0.05) is 182 Å². The van der Waals surface area contributed by atoms with E-state index >= 15 is 4.39 Å². The van der Waals surface area contributed by atoms with Gasteiger partial charge in [0.1, 0.15) is 30.0 Å². The molecule has 6 aromatic carbocycles. The molecule has 54 heavy (non-hydrogen) atoms. The number of aliphatic hydroxyl groups excluding tert-OH is 1. The van der Waals surface area contributed by atoms with Gasteiger partial charge in [0.15, 0.2) is 12.5 Å². The summed E-state index contributed by atoms with van der Waals surface area (Å²) in [6, 6.07) is 58.5. The van der Waals surface area contributed by atoms with E-state index in [-0.39, 0.29) is 26.4 Å². The molecule has 7 rings (SSSR count). The summed E-state index contributed by atoms with van der Waals surface area (Å²) in [5.74, 6) is 0. The molecule has 0 saturated carbocycles. The van der Waals surface area contributed by atoms with E-state index in [4.69, 9.17) is 23.7 Å². The lowest BCUT2D eigenvalue weighted by molar-refractivity contribution is -0.322. The van der Waals surface area contributed by atoms with Gasteiger partial charge in [0, 0.05) is 0 Å². The normalized spacial score (nSPS) is 20.7. The van der Waals surface area contributed by atoms with Gasteiger partial charge in [0.25, 0.3) is 0 Å². The molecule has 0 radical (unpaired) electrons. The second-order valence-electron chi connectivity index (χ2n) is 13.4. The van der Waals surface area contributed by atoms with Crippen molar-refractivity contribution in [1.82, 2.24) is 0 Å². The van der Waals surface area contributed by atoms with Gasteiger partial charge in [-0.3, -0.25) is 0 Å². The van der Waals surface area contributed by atoms with Crippen molar-refractivity contribution in [2.45, 2.75) is 62.3 Å². The van der Waals surface area contributed by atoms with Crippen molar-refractivity contribution in [1.29, 1.82) is 0 Å². The zero-order valence-corrected chi connectivity index (χ0v) is 30.0. The van der Waals surface area contributed by atoms with Crippen LogP contribution in [0.2, 0.25) is 0 Å². The first-order chi connectivity index (χ1) is 26.6. The van der Waals surface area contributed by atoms with Crippen molar-refractivity contribution < 1.29 is 33.2 Å². The highest BCUT2D eigenvalue weighted by Gasteiger charge is 2.51. The molecule has 1 heterocycles. The molecule has 0 unspecified atom stereocenters. The molecule has 0 bridgehead atoms. The van der Waals surface area contributed by atoms with Crippen LogP contribution in [0.4, 0.5) is 4.39 Å². The van der Waals surface area contributed by atoms with Crippen LogP contribution in [0.25, 0.3) is 0 Å². The number of halogens is 1. The Bertz CT molecular complexity index is 1850. The van der Waals surface area contributed by atoms with Gasteiger partial charge in [0.2, 0.25) is 0 Å². The van der Waals surface area contributed by atoms with Crippen LogP contribution in [-0.2, 0) is 49.1 Å². The molecule has 7 heteroatoms. The fraction of sp³-hybridized carbons (Fsp3) is 0.234. The average molecular weight is 725 g/mol. The zero-order chi connectivity index (χ0) is 37.0. The average Bonchev–Trinajstić information content (AvgIpc) is 3.24. The maximum Gasteiger partial charge on any atom is 0.184 e. The first-order valence-electron chi connectivity index (χ1n) is 18.4. The summed E-state index contributed by atoms with van der Waals surface area (Å²) in [5.41, 5.74) is 4.09.